The van der Waals surface area contributed by atoms with Gasteiger partial charge in [-0.1, -0.05) is 26.0 Å². The molecule has 0 aliphatic carbocycles. The maximum absolute atomic E-state index is 13.0. The van der Waals surface area contributed by atoms with E-state index in [1.165, 1.54) is 5.56 Å². The number of rotatable bonds is 9. The minimum atomic E-state index is -0.0427. The Morgan fingerprint density at radius 1 is 1.14 bits per heavy atom. The monoisotopic (exact) mass is 488 g/mol. The van der Waals surface area contributed by atoms with E-state index in [2.05, 4.69) is 46.2 Å². The molecule has 0 bridgehead atoms. The van der Waals surface area contributed by atoms with Crippen LogP contribution in [0.25, 0.3) is 22.0 Å². The zero-order valence-electron chi connectivity index (χ0n) is 21.0. The lowest BCUT2D eigenvalue weighted by Gasteiger charge is -2.12. The molecule has 0 aliphatic heterocycles. The van der Waals surface area contributed by atoms with E-state index in [1.54, 1.807) is 18.4 Å². The summed E-state index contributed by atoms with van der Waals surface area (Å²) in [5, 5.41) is 6.04. The molecule has 35 heavy (non-hydrogen) atoms. The molecule has 0 aliphatic rings. The van der Waals surface area contributed by atoms with Crippen molar-refractivity contribution in [1.29, 1.82) is 0 Å². The highest BCUT2D eigenvalue weighted by Crippen LogP contribution is 2.31. The second-order valence-electron chi connectivity index (χ2n) is 9.11. The SMILES string of the molecule is COc1ccc(CCn2c(-c3csc(-c4ccc(C)nc4)n3)cc(C(=O)NCC(C)C)c2C)cc1. The fourth-order valence-electron chi connectivity index (χ4n) is 3.92. The van der Waals surface area contributed by atoms with E-state index in [1.807, 2.05) is 50.4 Å². The Kier molecular flexibility index (Phi) is 7.66. The highest BCUT2D eigenvalue weighted by Gasteiger charge is 2.20. The van der Waals surface area contributed by atoms with Gasteiger partial charge in [-0.25, -0.2) is 4.98 Å². The van der Waals surface area contributed by atoms with Crippen LogP contribution in [0.15, 0.2) is 54.0 Å². The molecule has 0 saturated heterocycles. The molecule has 4 rings (SSSR count). The van der Waals surface area contributed by atoms with Gasteiger partial charge in [-0.2, -0.15) is 0 Å². The summed E-state index contributed by atoms with van der Waals surface area (Å²) in [6.07, 6.45) is 2.69. The summed E-state index contributed by atoms with van der Waals surface area (Å²) in [6, 6.07) is 14.1. The van der Waals surface area contributed by atoms with Crippen LogP contribution < -0.4 is 10.1 Å². The van der Waals surface area contributed by atoms with Crippen LogP contribution in [0, 0.1) is 19.8 Å². The third-order valence-electron chi connectivity index (χ3n) is 5.99. The number of amides is 1. The molecular formula is C28H32N4O2S. The normalized spacial score (nSPS) is 11.1. The van der Waals surface area contributed by atoms with Crippen molar-refractivity contribution in [2.24, 2.45) is 5.92 Å². The Balaban J connectivity index is 1.66. The lowest BCUT2D eigenvalue weighted by molar-refractivity contribution is 0.0948. The minimum absolute atomic E-state index is 0.0427. The van der Waals surface area contributed by atoms with Gasteiger partial charge in [0.2, 0.25) is 0 Å². The number of carbonyl (C=O) groups is 1. The molecule has 0 radical (unpaired) electrons. The molecule has 1 N–H and O–H groups in total. The summed E-state index contributed by atoms with van der Waals surface area (Å²) in [7, 11) is 1.67. The third kappa shape index (κ3) is 5.80. The molecule has 6 nitrogen and oxygen atoms in total. The average Bonchev–Trinajstić information content (AvgIpc) is 3.47. The average molecular weight is 489 g/mol. The molecule has 0 fully saturated rings. The molecule has 3 heterocycles. The number of ether oxygens (including phenoxy) is 1. The van der Waals surface area contributed by atoms with Crippen molar-refractivity contribution < 1.29 is 9.53 Å². The van der Waals surface area contributed by atoms with Crippen molar-refractivity contribution in [2.75, 3.05) is 13.7 Å². The fourth-order valence-corrected chi connectivity index (χ4v) is 4.72. The van der Waals surface area contributed by atoms with E-state index in [0.717, 1.165) is 52.1 Å². The smallest absolute Gasteiger partial charge is 0.253 e. The summed E-state index contributed by atoms with van der Waals surface area (Å²) in [4.78, 5) is 22.3. The molecule has 0 spiro atoms. The molecule has 1 amide bonds. The predicted molar refractivity (Wildman–Crippen MR) is 142 cm³/mol. The number of nitrogens with one attached hydrogen (secondary N) is 1. The number of hydrogen-bond acceptors (Lipinski definition) is 5. The number of aromatic nitrogens is 3. The van der Waals surface area contributed by atoms with Gasteiger partial charge in [-0.15, -0.1) is 11.3 Å². The molecule has 7 heteroatoms. The molecule has 182 valence electrons. The van der Waals surface area contributed by atoms with Crippen LogP contribution in [0.4, 0.5) is 0 Å². The lowest BCUT2D eigenvalue weighted by atomic mass is 10.1. The summed E-state index contributed by atoms with van der Waals surface area (Å²) < 4.78 is 7.49. The van der Waals surface area contributed by atoms with Crippen LogP contribution in [-0.2, 0) is 13.0 Å². The fraction of sp³-hybridized carbons (Fsp3) is 0.321. The number of carbonyl (C=O) groups excluding carboxylic acids is 1. The van der Waals surface area contributed by atoms with Crippen molar-refractivity contribution in [3.63, 3.8) is 0 Å². The summed E-state index contributed by atoms with van der Waals surface area (Å²) in [5.74, 6) is 1.19. The Hall–Kier alpha value is -3.45. The topological polar surface area (TPSA) is 69.0 Å². The standard InChI is InChI=1S/C28H32N4O2S/c1-18(2)15-30-27(33)24-14-26(25-17-35-28(31-25)22-9-6-19(3)29-16-22)32(20(24)4)13-12-21-7-10-23(34-5)11-8-21/h6-11,14,16-18H,12-13,15H2,1-5H3,(H,30,33). The van der Waals surface area contributed by atoms with Gasteiger partial charge in [0, 0.05) is 41.6 Å². The molecule has 0 atom stereocenters. The van der Waals surface area contributed by atoms with Gasteiger partial charge in [0.25, 0.3) is 5.91 Å². The molecule has 0 unspecified atom stereocenters. The Morgan fingerprint density at radius 2 is 1.91 bits per heavy atom. The maximum Gasteiger partial charge on any atom is 0.253 e. The van der Waals surface area contributed by atoms with Crippen LogP contribution in [0.3, 0.4) is 0 Å². The number of thiazole rings is 1. The Morgan fingerprint density at radius 3 is 2.57 bits per heavy atom. The van der Waals surface area contributed by atoms with Crippen molar-refractivity contribution in [3.05, 3.63) is 76.6 Å². The van der Waals surface area contributed by atoms with Gasteiger partial charge >= 0.3 is 0 Å². The van der Waals surface area contributed by atoms with Crippen molar-refractivity contribution in [3.8, 4) is 27.7 Å². The zero-order valence-corrected chi connectivity index (χ0v) is 21.8. The molecule has 3 aromatic heterocycles. The number of hydrogen-bond donors (Lipinski definition) is 1. The molecule has 0 saturated carbocycles. The Labute approximate surface area is 211 Å². The zero-order chi connectivity index (χ0) is 24.9. The first-order valence-corrected chi connectivity index (χ1v) is 12.7. The van der Waals surface area contributed by atoms with Crippen LogP contribution in [0.1, 0.15) is 41.2 Å². The Bertz CT molecular complexity index is 1290. The number of aryl methyl sites for hydroxylation is 2. The van der Waals surface area contributed by atoms with Gasteiger partial charge in [-0.3, -0.25) is 9.78 Å². The number of benzene rings is 1. The number of pyridine rings is 1. The van der Waals surface area contributed by atoms with E-state index in [9.17, 15) is 4.79 Å². The number of methoxy groups -OCH3 is 1. The first kappa shape index (κ1) is 24.7. The van der Waals surface area contributed by atoms with Crippen LogP contribution in [-0.4, -0.2) is 34.1 Å². The first-order valence-electron chi connectivity index (χ1n) is 11.9. The van der Waals surface area contributed by atoms with Gasteiger partial charge < -0.3 is 14.6 Å². The van der Waals surface area contributed by atoms with Crippen LogP contribution in [0.5, 0.6) is 5.75 Å². The summed E-state index contributed by atoms with van der Waals surface area (Å²) in [5.41, 5.74) is 6.64. The summed E-state index contributed by atoms with van der Waals surface area (Å²) >= 11 is 1.59. The predicted octanol–water partition coefficient (Wildman–Crippen LogP) is 5.93. The van der Waals surface area contributed by atoms with Crippen LogP contribution >= 0.6 is 11.3 Å². The van der Waals surface area contributed by atoms with E-state index in [4.69, 9.17) is 9.72 Å². The molecule has 4 aromatic rings. The van der Waals surface area contributed by atoms with E-state index >= 15 is 0 Å². The van der Waals surface area contributed by atoms with Crippen molar-refractivity contribution in [2.45, 2.75) is 40.7 Å². The van der Waals surface area contributed by atoms with E-state index < -0.39 is 0 Å². The van der Waals surface area contributed by atoms with E-state index in [-0.39, 0.29) is 5.91 Å². The van der Waals surface area contributed by atoms with Gasteiger partial charge in [0.1, 0.15) is 10.8 Å². The lowest BCUT2D eigenvalue weighted by Crippen LogP contribution is -2.27. The minimum Gasteiger partial charge on any atom is -0.497 e. The third-order valence-corrected chi connectivity index (χ3v) is 6.88. The van der Waals surface area contributed by atoms with Gasteiger partial charge in [-0.05, 0) is 62.1 Å². The van der Waals surface area contributed by atoms with E-state index in [0.29, 0.717) is 18.0 Å². The molecule has 1 aromatic carbocycles. The second-order valence-corrected chi connectivity index (χ2v) is 9.97. The van der Waals surface area contributed by atoms with Gasteiger partial charge in [0.15, 0.2) is 0 Å². The van der Waals surface area contributed by atoms with Crippen molar-refractivity contribution >= 4 is 17.2 Å². The van der Waals surface area contributed by atoms with Crippen molar-refractivity contribution in [1.82, 2.24) is 19.9 Å². The highest BCUT2D eigenvalue weighted by atomic mass is 32.1. The van der Waals surface area contributed by atoms with Crippen LogP contribution in [0.2, 0.25) is 0 Å². The largest absolute Gasteiger partial charge is 0.497 e. The summed E-state index contributed by atoms with van der Waals surface area (Å²) in [6.45, 7) is 9.56. The first-order chi connectivity index (χ1) is 16.9. The molecular weight excluding hydrogens is 456 g/mol. The maximum atomic E-state index is 13.0. The quantitative estimate of drug-likeness (QED) is 0.317. The second kappa shape index (κ2) is 10.9. The van der Waals surface area contributed by atoms with Gasteiger partial charge in [0.05, 0.1) is 24.1 Å². The highest BCUT2D eigenvalue weighted by molar-refractivity contribution is 7.13. The number of nitrogens with zero attached hydrogens (tertiary/aromatic N) is 3.